The van der Waals surface area contributed by atoms with Crippen LogP contribution in [0.1, 0.15) is 25.7 Å². The fraction of sp³-hybridized carbons (Fsp3) is 0.727. The first-order chi connectivity index (χ1) is 6.79. The molecule has 1 saturated heterocycles. The van der Waals surface area contributed by atoms with Crippen molar-refractivity contribution in [2.24, 2.45) is 5.41 Å². The highest BCUT2D eigenvalue weighted by Crippen LogP contribution is 2.56. The molecule has 3 nitrogen and oxygen atoms in total. The van der Waals surface area contributed by atoms with Crippen molar-refractivity contribution in [2.75, 3.05) is 13.2 Å². The predicted molar refractivity (Wildman–Crippen MR) is 49.7 cm³/mol. The molecule has 0 aromatic rings. The Morgan fingerprint density at radius 3 is 2.64 bits per heavy atom. The van der Waals surface area contributed by atoms with E-state index in [9.17, 15) is 4.79 Å². The molecule has 1 atom stereocenters. The topological polar surface area (TPSA) is 35.5 Å². The van der Waals surface area contributed by atoms with Crippen molar-refractivity contribution in [1.29, 1.82) is 0 Å². The van der Waals surface area contributed by atoms with Gasteiger partial charge in [-0.15, -0.1) is 0 Å². The Bertz CT molecular complexity index is 296. The smallest absolute Gasteiger partial charge is 0.181 e. The summed E-state index contributed by atoms with van der Waals surface area (Å²) in [5.74, 6) is -0.370. The van der Waals surface area contributed by atoms with Gasteiger partial charge >= 0.3 is 0 Å². The molecule has 1 aliphatic heterocycles. The summed E-state index contributed by atoms with van der Waals surface area (Å²) in [6, 6.07) is 0. The van der Waals surface area contributed by atoms with Gasteiger partial charge in [-0.05, 0) is 25.3 Å². The first-order valence-electron chi connectivity index (χ1n) is 5.28. The van der Waals surface area contributed by atoms with E-state index in [4.69, 9.17) is 9.47 Å². The lowest BCUT2D eigenvalue weighted by Gasteiger charge is -2.37. The first kappa shape index (κ1) is 8.62. The summed E-state index contributed by atoms with van der Waals surface area (Å²) < 4.78 is 11.5. The summed E-state index contributed by atoms with van der Waals surface area (Å²) in [4.78, 5) is 11.9. The van der Waals surface area contributed by atoms with E-state index >= 15 is 0 Å². The van der Waals surface area contributed by atoms with Gasteiger partial charge < -0.3 is 9.47 Å². The molecule has 2 aliphatic carbocycles. The van der Waals surface area contributed by atoms with E-state index in [1.807, 2.05) is 6.08 Å². The molecule has 0 amide bonds. The molecule has 0 unspecified atom stereocenters. The van der Waals surface area contributed by atoms with Gasteiger partial charge in [-0.3, -0.25) is 4.79 Å². The van der Waals surface area contributed by atoms with Gasteiger partial charge in [-0.1, -0.05) is 6.08 Å². The zero-order valence-corrected chi connectivity index (χ0v) is 8.12. The fourth-order valence-corrected chi connectivity index (χ4v) is 3.12. The normalized spacial score (nSPS) is 39.3. The van der Waals surface area contributed by atoms with Crippen molar-refractivity contribution in [3.63, 3.8) is 0 Å². The maximum atomic E-state index is 11.9. The standard InChI is InChI=1S/C11H14O3/c12-9-3-1-4-10(9)5-2-6-11(10)13-7-8-14-11/h1,3H,2,4-8H2/t10-/m1/s1. The highest BCUT2D eigenvalue weighted by atomic mass is 16.7. The Morgan fingerprint density at radius 2 is 2.00 bits per heavy atom. The van der Waals surface area contributed by atoms with E-state index in [1.165, 1.54) is 0 Å². The lowest BCUT2D eigenvalue weighted by molar-refractivity contribution is -0.214. The lowest BCUT2D eigenvalue weighted by Crippen LogP contribution is -2.47. The monoisotopic (exact) mass is 194 g/mol. The van der Waals surface area contributed by atoms with Gasteiger partial charge in [0, 0.05) is 6.42 Å². The molecular weight excluding hydrogens is 180 g/mol. The number of carbonyl (C=O) groups excluding carboxylic acids is 1. The van der Waals surface area contributed by atoms with Crippen LogP contribution in [0.4, 0.5) is 0 Å². The minimum absolute atomic E-state index is 0.205. The number of allylic oxidation sites excluding steroid dienone is 2. The van der Waals surface area contributed by atoms with Gasteiger partial charge in [0.1, 0.15) is 0 Å². The number of hydrogen-bond donors (Lipinski definition) is 0. The van der Waals surface area contributed by atoms with Crippen molar-refractivity contribution in [3.8, 4) is 0 Å². The fourth-order valence-electron chi connectivity index (χ4n) is 3.12. The van der Waals surface area contributed by atoms with Crippen LogP contribution in [0, 0.1) is 5.41 Å². The first-order valence-corrected chi connectivity index (χ1v) is 5.28. The van der Waals surface area contributed by atoms with Crippen LogP contribution in [0.2, 0.25) is 0 Å². The summed E-state index contributed by atoms with van der Waals surface area (Å²) in [5.41, 5.74) is -0.372. The Balaban J connectivity index is 2.02. The van der Waals surface area contributed by atoms with Gasteiger partial charge in [0.2, 0.25) is 0 Å². The Kier molecular flexibility index (Phi) is 1.65. The molecule has 0 N–H and O–H groups in total. The summed E-state index contributed by atoms with van der Waals surface area (Å²) in [6.07, 6.45) is 7.27. The summed E-state index contributed by atoms with van der Waals surface area (Å²) in [5, 5.41) is 0. The van der Waals surface area contributed by atoms with Gasteiger partial charge in [-0.25, -0.2) is 0 Å². The number of fused-ring (bicyclic) bond motifs is 1. The highest BCUT2D eigenvalue weighted by Gasteiger charge is 2.62. The molecule has 2 spiro atoms. The van der Waals surface area contributed by atoms with Crippen LogP contribution in [0.25, 0.3) is 0 Å². The summed E-state index contributed by atoms with van der Waals surface area (Å²) in [6.45, 7) is 1.27. The minimum atomic E-state index is -0.576. The van der Waals surface area contributed by atoms with E-state index < -0.39 is 5.79 Å². The molecule has 1 saturated carbocycles. The Morgan fingerprint density at radius 1 is 1.21 bits per heavy atom. The molecule has 14 heavy (non-hydrogen) atoms. The molecule has 0 radical (unpaired) electrons. The van der Waals surface area contributed by atoms with Crippen LogP contribution in [-0.4, -0.2) is 24.8 Å². The van der Waals surface area contributed by atoms with Crippen LogP contribution in [0.5, 0.6) is 0 Å². The van der Waals surface area contributed by atoms with Crippen molar-refractivity contribution in [1.82, 2.24) is 0 Å². The van der Waals surface area contributed by atoms with E-state index in [1.54, 1.807) is 6.08 Å². The minimum Gasteiger partial charge on any atom is -0.346 e. The molecule has 76 valence electrons. The van der Waals surface area contributed by atoms with Crippen LogP contribution in [0.15, 0.2) is 12.2 Å². The van der Waals surface area contributed by atoms with Gasteiger partial charge in [-0.2, -0.15) is 0 Å². The summed E-state index contributed by atoms with van der Waals surface area (Å²) >= 11 is 0. The molecular formula is C11H14O3. The third kappa shape index (κ3) is 0.823. The lowest BCUT2D eigenvalue weighted by atomic mass is 9.78. The molecule has 3 aliphatic rings. The average Bonchev–Trinajstić information content (AvgIpc) is 2.84. The zero-order valence-electron chi connectivity index (χ0n) is 8.12. The largest absolute Gasteiger partial charge is 0.346 e. The van der Waals surface area contributed by atoms with Crippen LogP contribution in [-0.2, 0) is 14.3 Å². The van der Waals surface area contributed by atoms with E-state index in [-0.39, 0.29) is 11.2 Å². The maximum absolute atomic E-state index is 11.9. The zero-order chi connectivity index (χ0) is 9.65. The van der Waals surface area contributed by atoms with Crippen molar-refractivity contribution >= 4 is 5.78 Å². The second-order valence-electron chi connectivity index (χ2n) is 4.36. The Labute approximate surface area is 83.1 Å². The van der Waals surface area contributed by atoms with Gasteiger partial charge in [0.25, 0.3) is 0 Å². The molecule has 0 bridgehead atoms. The SMILES string of the molecule is O=C1C=CC[C@@]12CCCC21OCCO1. The average molecular weight is 194 g/mol. The van der Waals surface area contributed by atoms with E-state index in [2.05, 4.69) is 0 Å². The predicted octanol–water partition coefficient (Wildman–Crippen LogP) is 1.43. The van der Waals surface area contributed by atoms with E-state index in [0.29, 0.717) is 13.2 Å². The second-order valence-corrected chi connectivity index (χ2v) is 4.36. The van der Waals surface area contributed by atoms with Crippen LogP contribution < -0.4 is 0 Å². The number of hydrogen-bond acceptors (Lipinski definition) is 3. The number of rotatable bonds is 0. The van der Waals surface area contributed by atoms with Crippen molar-refractivity contribution < 1.29 is 14.3 Å². The van der Waals surface area contributed by atoms with Gasteiger partial charge in [0.05, 0.1) is 18.6 Å². The highest BCUT2D eigenvalue weighted by molar-refractivity contribution is 5.98. The molecule has 3 heteroatoms. The second kappa shape index (κ2) is 2.67. The summed E-state index contributed by atoms with van der Waals surface area (Å²) in [7, 11) is 0. The van der Waals surface area contributed by atoms with Crippen molar-refractivity contribution in [2.45, 2.75) is 31.5 Å². The van der Waals surface area contributed by atoms with E-state index in [0.717, 1.165) is 25.7 Å². The quantitative estimate of drug-likeness (QED) is 0.585. The number of carbonyl (C=O) groups is 1. The molecule has 0 aromatic heterocycles. The molecule has 3 rings (SSSR count). The van der Waals surface area contributed by atoms with Crippen LogP contribution >= 0.6 is 0 Å². The molecule has 2 fully saturated rings. The molecule has 0 aromatic carbocycles. The number of ether oxygens (including phenoxy) is 2. The van der Waals surface area contributed by atoms with Crippen molar-refractivity contribution in [3.05, 3.63) is 12.2 Å². The Hall–Kier alpha value is -0.670. The third-order valence-electron chi connectivity index (χ3n) is 3.80. The van der Waals surface area contributed by atoms with Gasteiger partial charge in [0.15, 0.2) is 11.6 Å². The molecule has 1 heterocycles. The van der Waals surface area contributed by atoms with Crippen LogP contribution in [0.3, 0.4) is 0 Å². The third-order valence-corrected chi connectivity index (χ3v) is 3.80. The maximum Gasteiger partial charge on any atom is 0.181 e. The number of ketones is 1.